The quantitative estimate of drug-likeness (QED) is 0.803. The normalized spacial score (nSPS) is 21.3. The Bertz CT molecular complexity index is 793. The van der Waals surface area contributed by atoms with E-state index >= 15 is 0 Å². The van der Waals surface area contributed by atoms with Gasteiger partial charge in [-0.2, -0.15) is 0 Å². The fourth-order valence-electron chi connectivity index (χ4n) is 3.33. The van der Waals surface area contributed by atoms with Crippen LogP contribution in [0, 0.1) is 0 Å². The van der Waals surface area contributed by atoms with Gasteiger partial charge in [0.05, 0.1) is 17.9 Å². The first kappa shape index (κ1) is 13.5. The third-order valence-corrected chi connectivity index (χ3v) is 5.39. The second-order valence-electron chi connectivity index (χ2n) is 5.73. The summed E-state index contributed by atoms with van der Waals surface area (Å²) in [6, 6.07) is 8.56. The molecule has 0 radical (unpaired) electrons. The maximum atomic E-state index is 12.7. The molecule has 4 nitrogen and oxygen atoms in total. The van der Waals surface area contributed by atoms with Crippen molar-refractivity contribution in [2.75, 3.05) is 0 Å². The van der Waals surface area contributed by atoms with E-state index in [9.17, 15) is 4.79 Å². The molecule has 2 unspecified atom stereocenters. The maximum Gasteiger partial charge on any atom is 0.253 e. The number of nitrogens with one attached hydrogen (secondary N) is 1. The first-order valence-corrected chi connectivity index (χ1v) is 8.45. The van der Waals surface area contributed by atoms with Crippen molar-refractivity contribution in [3.8, 4) is 0 Å². The first-order valence-electron chi connectivity index (χ1n) is 7.57. The fraction of sp³-hybridized carbons (Fsp3) is 0.294. The molecule has 1 N–H and O–H groups in total. The van der Waals surface area contributed by atoms with Crippen LogP contribution in [0.2, 0.25) is 0 Å². The van der Waals surface area contributed by atoms with E-state index in [4.69, 9.17) is 0 Å². The Balaban J connectivity index is 1.56. The molecule has 0 aliphatic heterocycles. The van der Waals surface area contributed by atoms with E-state index in [1.807, 2.05) is 36.1 Å². The van der Waals surface area contributed by atoms with Crippen LogP contribution in [0.15, 0.2) is 48.4 Å². The van der Waals surface area contributed by atoms with Gasteiger partial charge in [0, 0.05) is 33.9 Å². The summed E-state index contributed by atoms with van der Waals surface area (Å²) in [6.45, 7) is 0. The molecule has 3 aromatic rings. The van der Waals surface area contributed by atoms with Crippen molar-refractivity contribution in [3.63, 3.8) is 0 Å². The predicted molar refractivity (Wildman–Crippen MR) is 88.2 cm³/mol. The minimum absolute atomic E-state index is 0.0365. The Kier molecular flexibility index (Phi) is 3.42. The summed E-state index contributed by atoms with van der Waals surface area (Å²) in [4.78, 5) is 16.8. The van der Waals surface area contributed by atoms with Gasteiger partial charge in [-0.15, -0.1) is 11.3 Å². The van der Waals surface area contributed by atoms with E-state index in [0.29, 0.717) is 6.04 Å². The topological polar surface area (TPSA) is 46.9 Å². The predicted octanol–water partition coefficient (Wildman–Crippen LogP) is 3.62. The molecule has 1 aliphatic carbocycles. The highest BCUT2D eigenvalue weighted by Crippen LogP contribution is 2.31. The molecule has 1 saturated carbocycles. The fourth-order valence-corrected chi connectivity index (χ4v) is 4.27. The average Bonchev–Trinajstić information content (AvgIpc) is 3.27. The van der Waals surface area contributed by atoms with Crippen LogP contribution in [0.1, 0.15) is 35.7 Å². The minimum atomic E-state index is 0.0365. The SMILES string of the molecule is O=C(NC1CCCC1n1ccnc1)c1csc2ccccc12. The summed E-state index contributed by atoms with van der Waals surface area (Å²) >= 11 is 1.62. The molecule has 22 heavy (non-hydrogen) atoms. The minimum Gasteiger partial charge on any atom is -0.347 e. The number of nitrogens with zero attached hydrogens (tertiary/aromatic N) is 2. The Morgan fingerprint density at radius 3 is 3.09 bits per heavy atom. The van der Waals surface area contributed by atoms with Crippen LogP contribution in [0.5, 0.6) is 0 Å². The van der Waals surface area contributed by atoms with Gasteiger partial charge in [0.25, 0.3) is 5.91 Å². The summed E-state index contributed by atoms with van der Waals surface area (Å²) in [5.74, 6) is 0.0365. The lowest BCUT2D eigenvalue weighted by molar-refractivity contribution is 0.0931. The first-order chi connectivity index (χ1) is 10.8. The molecule has 112 valence electrons. The number of benzene rings is 1. The highest BCUT2D eigenvalue weighted by molar-refractivity contribution is 7.17. The smallest absolute Gasteiger partial charge is 0.253 e. The second kappa shape index (κ2) is 5.57. The summed E-state index contributed by atoms with van der Waals surface area (Å²) in [5.41, 5.74) is 0.789. The van der Waals surface area contributed by atoms with E-state index < -0.39 is 0 Å². The van der Waals surface area contributed by atoms with Crippen LogP contribution >= 0.6 is 11.3 Å². The molecule has 1 aliphatic rings. The molecule has 4 rings (SSSR count). The van der Waals surface area contributed by atoms with Gasteiger partial charge in [0.1, 0.15) is 0 Å². The van der Waals surface area contributed by atoms with Gasteiger partial charge in [-0.25, -0.2) is 4.98 Å². The molecular weight excluding hydrogens is 294 g/mol. The summed E-state index contributed by atoms with van der Waals surface area (Å²) in [7, 11) is 0. The molecule has 0 saturated heterocycles. The number of rotatable bonds is 3. The van der Waals surface area contributed by atoms with Crippen LogP contribution in [0.4, 0.5) is 0 Å². The van der Waals surface area contributed by atoms with Crippen LogP contribution in [-0.2, 0) is 0 Å². The lowest BCUT2D eigenvalue weighted by Crippen LogP contribution is -2.38. The molecule has 5 heteroatoms. The third-order valence-electron chi connectivity index (χ3n) is 4.43. The van der Waals surface area contributed by atoms with Gasteiger partial charge in [0.15, 0.2) is 0 Å². The zero-order chi connectivity index (χ0) is 14.9. The number of thiophene rings is 1. The lowest BCUT2D eigenvalue weighted by Gasteiger charge is -2.22. The van der Waals surface area contributed by atoms with Gasteiger partial charge >= 0.3 is 0 Å². The van der Waals surface area contributed by atoms with Crippen molar-refractivity contribution in [1.82, 2.24) is 14.9 Å². The van der Waals surface area contributed by atoms with Crippen molar-refractivity contribution in [2.24, 2.45) is 0 Å². The van der Waals surface area contributed by atoms with Crippen LogP contribution < -0.4 is 5.32 Å². The number of aromatic nitrogens is 2. The van der Waals surface area contributed by atoms with Crippen molar-refractivity contribution in [1.29, 1.82) is 0 Å². The van der Waals surface area contributed by atoms with Gasteiger partial charge in [-0.05, 0) is 25.3 Å². The molecule has 2 heterocycles. The lowest BCUT2D eigenvalue weighted by atomic mass is 10.1. The van der Waals surface area contributed by atoms with Crippen molar-refractivity contribution in [2.45, 2.75) is 31.3 Å². The van der Waals surface area contributed by atoms with Crippen molar-refractivity contribution < 1.29 is 4.79 Å². The van der Waals surface area contributed by atoms with Gasteiger partial charge in [0.2, 0.25) is 0 Å². The van der Waals surface area contributed by atoms with E-state index in [-0.39, 0.29) is 11.9 Å². The second-order valence-corrected chi connectivity index (χ2v) is 6.64. The molecule has 0 spiro atoms. The van der Waals surface area contributed by atoms with Crippen LogP contribution in [-0.4, -0.2) is 21.5 Å². The largest absolute Gasteiger partial charge is 0.347 e. The van der Waals surface area contributed by atoms with Crippen LogP contribution in [0.25, 0.3) is 10.1 Å². The molecule has 0 bridgehead atoms. The van der Waals surface area contributed by atoms with E-state index in [2.05, 4.69) is 20.9 Å². The van der Waals surface area contributed by atoms with E-state index in [0.717, 1.165) is 34.9 Å². The summed E-state index contributed by atoms with van der Waals surface area (Å²) in [6.07, 6.45) is 8.87. The number of hydrogen-bond donors (Lipinski definition) is 1. The van der Waals surface area contributed by atoms with E-state index in [1.165, 1.54) is 0 Å². The maximum absolute atomic E-state index is 12.7. The van der Waals surface area contributed by atoms with Gasteiger partial charge in [-0.1, -0.05) is 18.2 Å². The number of carbonyl (C=O) groups excluding carboxylic acids is 1. The third kappa shape index (κ3) is 2.31. The zero-order valence-corrected chi connectivity index (χ0v) is 12.9. The number of amides is 1. The summed E-state index contributed by atoms with van der Waals surface area (Å²) in [5, 5.41) is 6.23. The zero-order valence-electron chi connectivity index (χ0n) is 12.1. The average molecular weight is 311 g/mol. The Hall–Kier alpha value is -2.14. The monoisotopic (exact) mass is 311 g/mol. The van der Waals surface area contributed by atoms with E-state index in [1.54, 1.807) is 17.5 Å². The Labute approximate surface area is 132 Å². The van der Waals surface area contributed by atoms with Gasteiger partial charge < -0.3 is 9.88 Å². The molecule has 1 fully saturated rings. The standard InChI is InChI=1S/C17H17N3OS/c21-17(13-10-22-16-7-2-1-4-12(13)16)19-14-5-3-6-15(14)20-9-8-18-11-20/h1-2,4,7-11,14-15H,3,5-6H2,(H,19,21). The number of fused-ring (bicyclic) bond motifs is 1. The number of imidazole rings is 1. The molecular formula is C17H17N3OS. The van der Waals surface area contributed by atoms with Crippen molar-refractivity contribution >= 4 is 27.3 Å². The molecule has 2 atom stereocenters. The molecule has 1 amide bonds. The molecule has 2 aromatic heterocycles. The Morgan fingerprint density at radius 2 is 2.23 bits per heavy atom. The Morgan fingerprint density at radius 1 is 1.32 bits per heavy atom. The summed E-state index contributed by atoms with van der Waals surface area (Å²) < 4.78 is 3.27. The molecule has 1 aromatic carbocycles. The van der Waals surface area contributed by atoms with Crippen LogP contribution in [0.3, 0.4) is 0 Å². The van der Waals surface area contributed by atoms with Crippen molar-refractivity contribution in [3.05, 3.63) is 53.9 Å². The highest BCUT2D eigenvalue weighted by Gasteiger charge is 2.30. The number of hydrogen-bond acceptors (Lipinski definition) is 3. The highest BCUT2D eigenvalue weighted by atomic mass is 32.1. The van der Waals surface area contributed by atoms with Gasteiger partial charge in [-0.3, -0.25) is 4.79 Å². The number of carbonyl (C=O) groups is 1.